The normalized spacial score (nSPS) is 13.1. The van der Waals surface area contributed by atoms with E-state index >= 15 is 0 Å². The summed E-state index contributed by atoms with van der Waals surface area (Å²) in [6.45, 7) is 17.5. The van der Waals surface area contributed by atoms with Crippen LogP contribution in [0, 0.1) is 30.9 Å². The quantitative estimate of drug-likeness (QED) is 0.112. The Kier molecular flexibility index (Phi) is 11.8. The van der Waals surface area contributed by atoms with E-state index in [0.29, 0.717) is 11.2 Å². The second kappa shape index (κ2) is 18.8. The van der Waals surface area contributed by atoms with Crippen molar-refractivity contribution in [3.05, 3.63) is 186 Å². The molecule has 0 saturated heterocycles. The molecule has 3 nitrogen and oxygen atoms in total. The molecule has 0 aliphatic carbocycles. The summed E-state index contributed by atoms with van der Waals surface area (Å²) in [5.41, 5.74) is 12.8. The summed E-state index contributed by atoms with van der Waals surface area (Å²) in [5, 5.41) is 5.30. The fraction of sp³-hybridized carbons (Fsp3) is 0.217. The van der Waals surface area contributed by atoms with Crippen LogP contribution >= 0.6 is 0 Å². The molecule has 2 heterocycles. The molecule has 0 fully saturated rings. The molecule has 2 aromatic heterocycles. The van der Waals surface area contributed by atoms with Gasteiger partial charge in [0.25, 0.3) is 0 Å². The van der Waals surface area contributed by atoms with E-state index in [1.807, 2.05) is 38.1 Å². The third-order valence-corrected chi connectivity index (χ3v) is 14.3. The second-order valence-corrected chi connectivity index (χ2v) is 23.9. The largest absolute Gasteiger partial charge is 3.00 e. The Morgan fingerprint density at radius 2 is 1.39 bits per heavy atom. The smallest absolute Gasteiger partial charge is 0.500 e. The average molecular weight is 1060 g/mol. The van der Waals surface area contributed by atoms with Gasteiger partial charge in [-0.2, -0.15) is 42.5 Å². The molecule has 0 aliphatic rings. The van der Waals surface area contributed by atoms with Gasteiger partial charge in [-0.1, -0.05) is 140 Å². The molecule has 0 aliphatic heterocycles. The molecule has 0 bridgehead atoms. The number of hydrogen-bond donors (Lipinski definition) is 0. The van der Waals surface area contributed by atoms with Crippen LogP contribution in [0.2, 0.25) is 19.6 Å². The summed E-state index contributed by atoms with van der Waals surface area (Å²) in [6.07, 6.45) is 0. The molecule has 0 saturated carbocycles. The Balaban J connectivity index is 0.000000224. The first-order chi connectivity index (χ1) is 32.7. The van der Waals surface area contributed by atoms with Crippen molar-refractivity contribution in [2.24, 2.45) is 0 Å². The molecule has 8 aromatic carbocycles. The van der Waals surface area contributed by atoms with Crippen LogP contribution in [0.3, 0.4) is 0 Å². The third-order valence-electron chi connectivity index (χ3n) is 12.3. The van der Waals surface area contributed by atoms with Crippen LogP contribution in [-0.4, -0.2) is 17.6 Å². The van der Waals surface area contributed by atoms with Crippen LogP contribution in [0.15, 0.2) is 144 Å². The molecule has 0 unspecified atom stereocenters. The number of fused-ring (bicyclic) bond motifs is 6. The van der Waals surface area contributed by atoms with Gasteiger partial charge in [-0.15, -0.1) is 34.5 Å². The fourth-order valence-electron chi connectivity index (χ4n) is 9.00. The van der Waals surface area contributed by atoms with Crippen molar-refractivity contribution in [3.63, 3.8) is 0 Å². The van der Waals surface area contributed by atoms with Crippen LogP contribution < -0.4 is 5.19 Å². The summed E-state index contributed by atoms with van der Waals surface area (Å²) in [6, 6.07) is 55.4. The van der Waals surface area contributed by atoms with Gasteiger partial charge in [-0.25, -0.2) is 15.5 Å². The topological polar surface area (TPSA) is 31.0 Å². The predicted octanol–water partition coefficient (Wildman–Crippen LogP) is 16.5. The number of benzene rings is 8. The van der Waals surface area contributed by atoms with Crippen LogP contribution in [0.25, 0.3) is 83.1 Å². The summed E-state index contributed by atoms with van der Waals surface area (Å²) in [5.74, 6) is 0.193. The van der Waals surface area contributed by atoms with Crippen molar-refractivity contribution >= 4 is 57.0 Å². The number of aromatic nitrogens is 2. The molecule has 0 spiro atoms. The summed E-state index contributed by atoms with van der Waals surface area (Å²) < 4.78 is 53.8. The van der Waals surface area contributed by atoms with Crippen LogP contribution in [0.5, 0.6) is 0 Å². The maximum absolute atomic E-state index is 14.3. The van der Waals surface area contributed by atoms with Gasteiger partial charge in [-0.3, -0.25) is 4.98 Å². The van der Waals surface area contributed by atoms with Gasteiger partial charge >= 0.3 is 20.1 Å². The van der Waals surface area contributed by atoms with E-state index in [0.717, 1.165) is 66.3 Å². The molecule has 66 heavy (non-hydrogen) atoms. The zero-order chi connectivity index (χ0) is 49.2. The van der Waals surface area contributed by atoms with Crippen molar-refractivity contribution in [3.8, 4) is 39.3 Å². The standard InChI is InChI=1S/C41H32FN2O.C19H24Si.Ir/c1-24(2)34-21-28(26-11-6-5-7-12-26)22-35(25(3)4)38(34)44-39-30-14-9-8-13-27(30)17-20-36(39)43-41(44)33-16-10-15-32-31-19-18-29(42)23-37(31)45-40(32)33;1-14(2)18-13-17(11-12-19(18)20(4,5)6)16-9-7-15(3)8-10-16;/h5-15,17-25H,1-4H3;7-9,12-14H,1-6H3;/q-1;-2;+3/i;3D3,14D;. The SMILES string of the molecule is CC(C)c1cc(-c2ccccc2)cc(C(C)C)c1-n1c(-c2[c-]ccc3c2oc2cc(F)ccc23)nc2ccc3ccccc3c21.[2H]C([2H])([2H])c1c[c-]c(-c2[c-]cc([Si](C)(C)C)c(C([2H])(C)C)c2)cc1.[Ir+3]. The second-order valence-electron chi connectivity index (χ2n) is 18.9. The Bertz CT molecular complexity index is 3500. The predicted molar refractivity (Wildman–Crippen MR) is 275 cm³/mol. The van der Waals surface area contributed by atoms with E-state index in [-0.39, 0.29) is 43.3 Å². The summed E-state index contributed by atoms with van der Waals surface area (Å²) in [7, 11) is -1.58. The summed E-state index contributed by atoms with van der Waals surface area (Å²) in [4.78, 5) is 5.33. The summed E-state index contributed by atoms with van der Waals surface area (Å²) >= 11 is 0. The molecule has 0 N–H and O–H groups in total. The van der Waals surface area contributed by atoms with Crippen molar-refractivity contribution in [1.29, 1.82) is 0 Å². The molecule has 0 atom stereocenters. The molecule has 0 radical (unpaired) electrons. The first kappa shape index (κ1) is 41.5. The van der Waals surface area contributed by atoms with Crippen molar-refractivity contribution < 1.29 is 34.4 Å². The van der Waals surface area contributed by atoms with Gasteiger partial charge in [0, 0.05) is 36.1 Å². The van der Waals surface area contributed by atoms with E-state index in [1.165, 1.54) is 45.6 Å². The minimum absolute atomic E-state index is 0. The van der Waals surface area contributed by atoms with Crippen molar-refractivity contribution in [2.75, 3.05) is 0 Å². The van der Waals surface area contributed by atoms with Gasteiger partial charge in [0.1, 0.15) is 11.4 Å². The molecular formula is C60H56FIrN2OSi. The Labute approximate surface area is 409 Å². The molecule has 0 amide bonds. The number of furan rings is 1. The van der Waals surface area contributed by atoms with E-state index in [4.69, 9.17) is 14.9 Å². The molecule has 6 heteroatoms. The van der Waals surface area contributed by atoms with Crippen LogP contribution in [0.4, 0.5) is 4.39 Å². The minimum atomic E-state index is -2.12. The van der Waals surface area contributed by atoms with E-state index < -0.39 is 20.8 Å². The number of nitrogens with zero attached hydrogens (tertiary/aromatic N) is 2. The minimum Gasteiger partial charge on any atom is -0.500 e. The number of imidazole rings is 1. The number of halogens is 1. The zero-order valence-corrected chi connectivity index (χ0v) is 42.3. The Morgan fingerprint density at radius 1 is 0.682 bits per heavy atom. The average Bonchev–Trinajstić information content (AvgIpc) is 3.89. The maximum atomic E-state index is 14.3. The third kappa shape index (κ3) is 8.87. The van der Waals surface area contributed by atoms with E-state index in [2.05, 4.69) is 149 Å². The first-order valence-electron chi connectivity index (χ1n) is 24.4. The molecule has 332 valence electrons. The van der Waals surface area contributed by atoms with Gasteiger partial charge < -0.3 is 8.98 Å². The Hall–Kier alpha value is -5.91. The monoisotopic (exact) mass is 1060 g/mol. The van der Waals surface area contributed by atoms with Crippen LogP contribution in [0.1, 0.15) is 87.0 Å². The van der Waals surface area contributed by atoms with E-state index in [1.54, 1.807) is 18.2 Å². The number of aryl methyl sites for hydroxylation is 1. The Morgan fingerprint density at radius 3 is 2.06 bits per heavy atom. The van der Waals surface area contributed by atoms with Gasteiger partial charge in [0.2, 0.25) is 0 Å². The molecular weight excluding hydrogens is 1000 g/mol. The fourth-order valence-corrected chi connectivity index (χ4v) is 10.6. The number of rotatable bonds is 8. The first-order valence-corrected chi connectivity index (χ1v) is 25.9. The number of hydrogen-bond acceptors (Lipinski definition) is 2. The van der Waals surface area contributed by atoms with Crippen molar-refractivity contribution in [1.82, 2.24) is 9.55 Å². The zero-order valence-electron chi connectivity index (χ0n) is 42.9. The maximum Gasteiger partial charge on any atom is 3.00 e. The molecule has 10 aromatic rings. The van der Waals surface area contributed by atoms with Gasteiger partial charge in [0.05, 0.1) is 22.4 Å². The van der Waals surface area contributed by atoms with E-state index in [9.17, 15) is 4.39 Å². The van der Waals surface area contributed by atoms with Gasteiger partial charge in [0.15, 0.2) is 0 Å². The van der Waals surface area contributed by atoms with Crippen molar-refractivity contribution in [2.45, 2.75) is 85.8 Å². The van der Waals surface area contributed by atoms with Gasteiger partial charge in [-0.05, 0) is 75.7 Å². The van der Waals surface area contributed by atoms with Crippen LogP contribution in [-0.2, 0) is 20.1 Å². The molecule has 10 rings (SSSR count).